The van der Waals surface area contributed by atoms with Crippen molar-refractivity contribution >= 4 is 11.9 Å². The van der Waals surface area contributed by atoms with E-state index in [1.165, 1.54) is 16.2 Å². The molecule has 2 saturated heterocycles. The van der Waals surface area contributed by atoms with E-state index in [-0.39, 0.29) is 22.6 Å². The number of piperidine rings is 2. The van der Waals surface area contributed by atoms with Gasteiger partial charge in [0.05, 0.1) is 11.9 Å². The number of benzene rings is 1. The van der Waals surface area contributed by atoms with E-state index >= 15 is 0 Å². The van der Waals surface area contributed by atoms with Crippen LogP contribution in [0.15, 0.2) is 12.1 Å². The number of carboxylic acids is 2. The molecule has 0 unspecified atom stereocenters. The summed E-state index contributed by atoms with van der Waals surface area (Å²) in [5.41, 5.74) is -2.15. The summed E-state index contributed by atoms with van der Waals surface area (Å²) in [7, 11) is 0. The number of carbonyl (C=O) groups excluding carboxylic acids is 2. The van der Waals surface area contributed by atoms with E-state index in [0.717, 1.165) is 0 Å². The number of nitrogens with zero attached hydrogens (tertiary/aromatic N) is 2. The molecule has 2 heterocycles. The minimum absolute atomic E-state index is 0.0901. The van der Waals surface area contributed by atoms with Crippen LogP contribution in [0.1, 0.15) is 125 Å². The number of aromatic carboxylic acids is 2. The zero-order valence-corrected chi connectivity index (χ0v) is 21.6. The molecule has 0 saturated carbocycles. The van der Waals surface area contributed by atoms with Gasteiger partial charge in [0.1, 0.15) is 0 Å². The lowest BCUT2D eigenvalue weighted by atomic mass is 9.67. The van der Waals surface area contributed by atoms with Crippen molar-refractivity contribution in [2.75, 3.05) is 0 Å². The Morgan fingerprint density at radius 3 is 1.47 bits per heavy atom. The zero-order valence-electron chi connectivity index (χ0n) is 21.6. The van der Waals surface area contributed by atoms with Gasteiger partial charge < -0.3 is 30.2 Å². The van der Waals surface area contributed by atoms with Gasteiger partial charge in [0, 0.05) is 33.3 Å². The Labute approximate surface area is 202 Å². The first-order chi connectivity index (χ1) is 15.3. The molecule has 0 amide bonds. The summed E-state index contributed by atoms with van der Waals surface area (Å²) in [6, 6.07) is 3.02. The number of hydrogen-bond acceptors (Lipinski definition) is 8. The molecule has 0 spiro atoms. The Balaban J connectivity index is 2.24. The summed E-state index contributed by atoms with van der Waals surface area (Å²) < 4.78 is 0. The lowest BCUT2D eigenvalue weighted by molar-refractivity contribution is -0.256. The van der Waals surface area contributed by atoms with Crippen LogP contribution in [0, 0.1) is 0 Å². The predicted octanol–water partition coefficient (Wildman–Crippen LogP) is 2.67. The maximum atomic E-state index is 12.6. The van der Waals surface area contributed by atoms with Crippen LogP contribution in [0.5, 0.6) is 0 Å². The smallest absolute Gasteiger partial charge is 0.0721 e. The van der Waals surface area contributed by atoms with Crippen molar-refractivity contribution in [1.82, 2.24) is 10.1 Å². The van der Waals surface area contributed by atoms with Gasteiger partial charge in [-0.15, -0.1) is 0 Å². The number of rotatable bonds is 4. The highest BCUT2D eigenvalue weighted by Crippen LogP contribution is 2.49. The summed E-state index contributed by atoms with van der Waals surface area (Å²) in [4.78, 5) is 24.8. The van der Waals surface area contributed by atoms with E-state index in [4.69, 9.17) is 0 Å². The number of carbonyl (C=O) groups is 2. The van der Waals surface area contributed by atoms with E-state index in [1.807, 2.05) is 55.4 Å². The molecule has 0 bridgehead atoms. The van der Waals surface area contributed by atoms with Gasteiger partial charge in [-0.2, -0.15) is 10.1 Å². The van der Waals surface area contributed by atoms with Crippen molar-refractivity contribution in [3.8, 4) is 0 Å². The minimum atomic E-state index is -1.43. The molecule has 8 nitrogen and oxygen atoms in total. The molecule has 8 heteroatoms. The van der Waals surface area contributed by atoms with Gasteiger partial charge >= 0.3 is 0 Å². The average Bonchev–Trinajstić information content (AvgIpc) is 2.67. The first-order valence-electron chi connectivity index (χ1n) is 11.9. The molecule has 34 heavy (non-hydrogen) atoms. The zero-order chi connectivity index (χ0) is 26.0. The van der Waals surface area contributed by atoms with Gasteiger partial charge in [-0.3, -0.25) is 0 Å². The summed E-state index contributed by atoms with van der Waals surface area (Å²) >= 11 is 0. The molecular weight excluding hydrogens is 436 g/mol. The van der Waals surface area contributed by atoms with Gasteiger partial charge in [-0.1, -0.05) is 12.1 Å². The number of carboxylic acid groups (broad SMARTS) is 2. The van der Waals surface area contributed by atoms with E-state index < -0.39 is 40.0 Å². The molecule has 1 aromatic carbocycles. The third kappa shape index (κ3) is 4.49. The van der Waals surface area contributed by atoms with Crippen LogP contribution in [-0.2, 0) is 0 Å². The highest BCUT2D eigenvalue weighted by molar-refractivity contribution is 5.97. The lowest BCUT2D eigenvalue weighted by Crippen LogP contribution is -2.59. The molecule has 1 aromatic rings. The fraction of sp³-hybridized carbons (Fsp3) is 0.692. The van der Waals surface area contributed by atoms with Crippen LogP contribution in [0.3, 0.4) is 0 Å². The molecular formula is C26H38N2O6-2. The van der Waals surface area contributed by atoms with Crippen molar-refractivity contribution in [2.45, 2.75) is 115 Å². The molecule has 2 aliphatic rings. The fourth-order valence-corrected chi connectivity index (χ4v) is 6.77. The Morgan fingerprint density at radius 1 is 0.735 bits per heavy atom. The number of hydrogen-bond donors (Lipinski definition) is 2. The molecule has 190 valence electrons. The highest BCUT2D eigenvalue weighted by atomic mass is 16.5. The van der Waals surface area contributed by atoms with Crippen LogP contribution < -0.4 is 10.2 Å². The number of hydroxylamine groups is 4. The van der Waals surface area contributed by atoms with Crippen LogP contribution in [-0.4, -0.2) is 54.6 Å². The molecule has 0 atom stereocenters. The Kier molecular flexibility index (Phi) is 6.49. The largest absolute Gasteiger partial charge is 0.545 e. The third-order valence-corrected chi connectivity index (χ3v) is 7.83. The van der Waals surface area contributed by atoms with Crippen molar-refractivity contribution in [2.24, 2.45) is 0 Å². The summed E-state index contributed by atoms with van der Waals surface area (Å²) in [5.74, 6) is -3.52. The van der Waals surface area contributed by atoms with Crippen LogP contribution in [0.4, 0.5) is 0 Å². The molecule has 0 radical (unpaired) electrons. The van der Waals surface area contributed by atoms with E-state index in [1.54, 1.807) is 6.07 Å². The lowest BCUT2D eigenvalue weighted by Gasteiger charge is -2.53. The quantitative estimate of drug-likeness (QED) is 0.682. The SMILES string of the molecule is CC1(C)CC(c2ccc(C(=O)[O-])c(C3CC(C)(C)N(O)C(C)(C)C3)c2C(=O)[O-])CC(C)(C)N1O. The molecule has 2 aliphatic heterocycles. The van der Waals surface area contributed by atoms with Gasteiger partial charge in [0.15, 0.2) is 0 Å². The van der Waals surface area contributed by atoms with Gasteiger partial charge in [-0.25, -0.2) is 0 Å². The maximum Gasteiger partial charge on any atom is 0.0721 e. The van der Waals surface area contributed by atoms with Crippen molar-refractivity contribution in [3.05, 3.63) is 34.4 Å². The first-order valence-corrected chi connectivity index (χ1v) is 11.9. The van der Waals surface area contributed by atoms with Gasteiger partial charge in [-0.05, 0) is 104 Å². The Hall–Kier alpha value is -2.00. The predicted molar refractivity (Wildman–Crippen MR) is 123 cm³/mol. The second-order valence-electron chi connectivity index (χ2n) is 12.6. The normalized spacial score (nSPS) is 25.2. The van der Waals surface area contributed by atoms with Gasteiger partial charge in [0.25, 0.3) is 0 Å². The standard InChI is InChI=1S/C26H40N2O6/c1-23(2)11-15(12-24(3,4)27(23)33)17-9-10-18(21(29)30)19(20(17)22(31)32)16-13-25(5,6)28(34)26(7,8)14-16/h9-10,15-16,33-34H,11-14H2,1-8H3,(H,29,30)(H,31,32)/p-2. The first kappa shape index (κ1) is 26.6. The van der Waals surface area contributed by atoms with Crippen molar-refractivity contribution in [3.63, 3.8) is 0 Å². The van der Waals surface area contributed by atoms with Crippen LogP contribution >= 0.6 is 0 Å². The molecule has 3 rings (SSSR count). The van der Waals surface area contributed by atoms with Crippen molar-refractivity contribution in [1.29, 1.82) is 0 Å². The third-order valence-electron chi connectivity index (χ3n) is 7.83. The fourth-order valence-electron chi connectivity index (χ4n) is 6.77. The van der Waals surface area contributed by atoms with E-state index in [9.17, 15) is 30.2 Å². The molecule has 0 aliphatic carbocycles. The summed E-state index contributed by atoms with van der Waals surface area (Å²) in [6.45, 7) is 15.0. The maximum absolute atomic E-state index is 12.6. The Bertz CT molecular complexity index is 961. The van der Waals surface area contributed by atoms with Gasteiger partial charge in [0.2, 0.25) is 0 Å². The van der Waals surface area contributed by atoms with E-state index in [2.05, 4.69) is 0 Å². The second-order valence-corrected chi connectivity index (χ2v) is 12.6. The molecule has 2 fully saturated rings. The van der Waals surface area contributed by atoms with Crippen molar-refractivity contribution < 1.29 is 30.2 Å². The van der Waals surface area contributed by atoms with E-state index in [0.29, 0.717) is 31.2 Å². The highest BCUT2D eigenvalue weighted by Gasteiger charge is 2.48. The minimum Gasteiger partial charge on any atom is -0.545 e. The molecule has 0 aromatic heterocycles. The monoisotopic (exact) mass is 474 g/mol. The summed E-state index contributed by atoms with van der Waals surface area (Å²) in [6.07, 6.45) is 1.71. The molecule has 2 N–H and O–H groups in total. The van der Waals surface area contributed by atoms with Crippen LogP contribution in [0.25, 0.3) is 0 Å². The Morgan fingerprint density at radius 2 is 1.12 bits per heavy atom. The average molecular weight is 475 g/mol. The second kappa shape index (κ2) is 8.29. The summed E-state index contributed by atoms with van der Waals surface area (Å²) in [5, 5.41) is 48.8. The topological polar surface area (TPSA) is 127 Å². The van der Waals surface area contributed by atoms with Crippen LogP contribution in [0.2, 0.25) is 0 Å².